The Kier molecular flexibility index (Phi) is 7.01. The molecule has 0 aliphatic rings. The molecule has 1 heterocycles. The highest BCUT2D eigenvalue weighted by Gasteiger charge is 2.15. The largest absolute Gasteiger partial charge is 0.396 e. The Morgan fingerprint density at radius 3 is 2.69 bits per heavy atom. The number of aryl methyl sites for hydroxylation is 1. The molecule has 0 radical (unpaired) electrons. The molecule has 3 rings (SSSR count). The minimum Gasteiger partial charge on any atom is -0.396 e. The van der Waals surface area contributed by atoms with Crippen molar-refractivity contribution in [2.45, 2.75) is 32.9 Å². The van der Waals surface area contributed by atoms with Crippen LogP contribution >= 0.6 is 12.2 Å². The molecule has 0 saturated carbocycles. The van der Waals surface area contributed by atoms with E-state index in [2.05, 4.69) is 17.2 Å². The van der Waals surface area contributed by atoms with Crippen LogP contribution in [-0.4, -0.2) is 33.3 Å². The van der Waals surface area contributed by atoms with Crippen molar-refractivity contribution in [3.63, 3.8) is 0 Å². The lowest BCUT2D eigenvalue weighted by atomic mass is 10.1. The van der Waals surface area contributed by atoms with E-state index in [0.717, 1.165) is 22.0 Å². The molecule has 152 valence electrons. The molecule has 0 fully saturated rings. The molecule has 3 aromatic rings. The predicted molar refractivity (Wildman–Crippen MR) is 122 cm³/mol. The average molecular weight is 410 g/mol. The fraction of sp³-hybridized carbons (Fsp3) is 0.304. The summed E-state index contributed by atoms with van der Waals surface area (Å²) >= 11 is 5.64. The molecule has 3 N–H and O–H groups in total. The van der Waals surface area contributed by atoms with Gasteiger partial charge in [0.15, 0.2) is 5.11 Å². The molecule has 1 unspecified atom stereocenters. The Balaban J connectivity index is 1.80. The second-order valence-electron chi connectivity index (χ2n) is 7.29. The first-order chi connectivity index (χ1) is 14.0. The third-order valence-corrected chi connectivity index (χ3v) is 5.33. The second-order valence-corrected chi connectivity index (χ2v) is 7.68. The standard InChI is InChI=1S/C23H27N3O2S/c1-16-9-10-19-14-20(22(28)25-21(19)13-16)15-26(11-6-12-27)23(29)24-17(2)18-7-4-3-5-8-18/h3-5,7-10,13-14,17,27H,6,11-12,15H2,1-2H3,(H,24,29)(H,25,28). The zero-order chi connectivity index (χ0) is 20.8. The van der Waals surface area contributed by atoms with Crippen molar-refractivity contribution in [2.24, 2.45) is 0 Å². The zero-order valence-corrected chi connectivity index (χ0v) is 17.6. The van der Waals surface area contributed by atoms with Gasteiger partial charge in [-0.25, -0.2) is 0 Å². The highest BCUT2D eigenvalue weighted by molar-refractivity contribution is 7.80. The quantitative estimate of drug-likeness (QED) is 0.520. The van der Waals surface area contributed by atoms with Crippen molar-refractivity contribution in [1.29, 1.82) is 0 Å². The number of aliphatic hydroxyl groups excluding tert-OH is 1. The third-order valence-electron chi connectivity index (χ3n) is 4.95. The van der Waals surface area contributed by atoms with Gasteiger partial charge < -0.3 is 20.3 Å². The van der Waals surface area contributed by atoms with Gasteiger partial charge in [0.1, 0.15) is 0 Å². The summed E-state index contributed by atoms with van der Waals surface area (Å²) in [5.74, 6) is 0. The van der Waals surface area contributed by atoms with E-state index < -0.39 is 0 Å². The number of fused-ring (bicyclic) bond motifs is 1. The number of aromatic nitrogens is 1. The van der Waals surface area contributed by atoms with Gasteiger partial charge in [-0.1, -0.05) is 42.5 Å². The van der Waals surface area contributed by atoms with Crippen molar-refractivity contribution in [3.05, 3.63) is 81.6 Å². The van der Waals surface area contributed by atoms with Crippen LogP contribution in [0.3, 0.4) is 0 Å². The summed E-state index contributed by atoms with van der Waals surface area (Å²) in [4.78, 5) is 17.5. The SMILES string of the molecule is Cc1ccc2cc(CN(CCCO)C(=S)NC(C)c3ccccc3)c(=O)[nH]c2c1. The summed E-state index contributed by atoms with van der Waals surface area (Å²) in [5.41, 5.74) is 3.60. The van der Waals surface area contributed by atoms with E-state index in [9.17, 15) is 9.90 Å². The summed E-state index contributed by atoms with van der Waals surface area (Å²) in [5, 5.41) is 14.2. The van der Waals surface area contributed by atoms with Crippen molar-refractivity contribution < 1.29 is 5.11 Å². The van der Waals surface area contributed by atoms with E-state index in [4.69, 9.17) is 12.2 Å². The van der Waals surface area contributed by atoms with E-state index in [1.807, 2.05) is 66.4 Å². The molecular weight excluding hydrogens is 382 g/mol. The monoisotopic (exact) mass is 409 g/mol. The van der Waals surface area contributed by atoms with Crippen molar-refractivity contribution in [1.82, 2.24) is 15.2 Å². The van der Waals surface area contributed by atoms with Gasteiger partial charge in [-0.2, -0.15) is 0 Å². The highest BCUT2D eigenvalue weighted by Crippen LogP contribution is 2.16. The average Bonchev–Trinajstić information content (AvgIpc) is 2.72. The number of benzene rings is 2. The molecule has 0 aliphatic carbocycles. The fourth-order valence-electron chi connectivity index (χ4n) is 3.30. The van der Waals surface area contributed by atoms with Crippen LogP contribution in [0.25, 0.3) is 10.9 Å². The van der Waals surface area contributed by atoms with Gasteiger partial charge in [0.2, 0.25) is 0 Å². The number of aliphatic hydroxyl groups is 1. The lowest BCUT2D eigenvalue weighted by molar-refractivity contribution is 0.263. The molecule has 0 amide bonds. The first kappa shape index (κ1) is 21.0. The van der Waals surface area contributed by atoms with Gasteiger partial charge in [-0.15, -0.1) is 0 Å². The van der Waals surface area contributed by atoms with E-state index in [1.165, 1.54) is 0 Å². The van der Waals surface area contributed by atoms with Gasteiger partial charge >= 0.3 is 0 Å². The molecule has 0 aliphatic heterocycles. The van der Waals surface area contributed by atoms with Crippen molar-refractivity contribution in [3.8, 4) is 0 Å². The molecule has 1 atom stereocenters. The molecule has 6 heteroatoms. The van der Waals surface area contributed by atoms with Gasteiger partial charge in [0, 0.05) is 24.2 Å². The van der Waals surface area contributed by atoms with Gasteiger partial charge in [-0.05, 0) is 61.1 Å². The minimum absolute atomic E-state index is 0.0400. The topological polar surface area (TPSA) is 68.4 Å². The Hall–Kier alpha value is -2.70. The molecule has 0 bridgehead atoms. The number of H-pyrrole nitrogens is 1. The Morgan fingerprint density at radius 1 is 1.21 bits per heavy atom. The number of nitrogens with one attached hydrogen (secondary N) is 2. The molecule has 2 aromatic carbocycles. The summed E-state index contributed by atoms with van der Waals surface area (Å²) in [6, 6.07) is 18.0. The number of rotatable bonds is 7. The van der Waals surface area contributed by atoms with E-state index in [1.54, 1.807) is 0 Å². The zero-order valence-electron chi connectivity index (χ0n) is 16.8. The lowest BCUT2D eigenvalue weighted by Crippen LogP contribution is -2.42. The van der Waals surface area contributed by atoms with Gasteiger partial charge in [-0.3, -0.25) is 4.79 Å². The van der Waals surface area contributed by atoms with Crippen LogP contribution in [0.5, 0.6) is 0 Å². The van der Waals surface area contributed by atoms with Gasteiger partial charge in [0.25, 0.3) is 5.56 Å². The summed E-state index contributed by atoms with van der Waals surface area (Å²) in [6.45, 7) is 5.07. The van der Waals surface area contributed by atoms with Crippen molar-refractivity contribution >= 4 is 28.2 Å². The molecule has 5 nitrogen and oxygen atoms in total. The number of hydrogen-bond donors (Lipinski definition) is 3. The van der Waals surface area contributed by atoms with Crippen molar-refractivity contribution in [2.75, 3.05) is 13.2 Å². The normalized spacial score (nSPS) is 12.0. The number of aromatic amines is 1. The van der Waals surface area contributed by atoms with Crippen LogP contribution in [0.4, 0.5) is 0 Å². The highest BCUT2D eigenvalue weighted by atomic mass is 32.1. The number of pyridine rings is 1. The number of thiocarbonyl (C=S) groups is 1. The Bertz CT molecular complexity index is 1030. The van der Waals surface area contributed by atoms with Crippen LogP contribution in [0.1, 0.15) is 36.1 Å². The number of nitrogens with zero attached hydrogens (tertiary/aromatic N) is 1. The van der Waals surface area contributed by atoms with E-state index >= 15 is 0 Å². The predicted octanol–water partition coefficient (Wildman–Crippen LogP) is 3.66. The molecular formula is C23H27N3O2S. The van der Waals surface area contributed by atoms with Crippen LogP contribution in [-0.2, 0) is 6.54 Å². The van der Waals surface area contributed by atoms with Crippen LogP contribution in [0, 0.1) is 6.92 Å². The fourth-order valence-corrected chi connectivity index (χ4v) is 3.63. The third kappa shape index (κ3) is 5.43. The maximum atomic E-state index is 12.6. The first-order valence-corrected chi connectivity index (χ1v) is 10.2. The summed E-state index contributed by atoms with van der Waals surface area (Å²) < 4.78 is 0. The smallest absolute Gasteiger partial charge is 0.253 e. The maximum Gasteiger partial charge on any atom is 0.253 e. The van der Waals surface area contributed by atoms with Crippen LogP contribution in [0.2, 0.25) is 0 Å². The van der Waals surface area contributed by atoms with Crippen LogP contribution < -0.4 is 10.9 Å². The molecule has 1 aromatic heterocycles. The molecule has 0 saturated heterocycles. The number of hydrogen-bond acceptors (Lipinski definition) is 3. The van der Waals surface area contributed by atoms with E-state index in [-0.39, 0.29) is 18.2 Å². The van der Waals surface area contributed by atoms with E-state index in [0.29, 0.717) is 30.2 Å². The van der Waals surface area contributed by atoms with Gasteiger partial charge in [0.05, 0.1) is 12.6 Å². The maximum absolute atomic E-state index is 12.6. The molecule has 29 heavy (non-hydrogen) atoms. The lowest BCUT2D eigenvalue weighted by Gasteiger charge is -2.28. The van der Waals surface area contributed by atoms with Crippen LogP contribution in [0.15, 0.2) is 59.4 Å². The summed E-state index contributed by atoms with van der Waals surface area (Å²) in [7, 11) is 0. The molecule has 0 spiro atoms. The minimum atomic E-state index is -0.115. The summed E-state index contributed by atoms with van der Waals surface area (Å²) in [6.07, 6.45) is 0.576. The Morgan fingerprint density at radius 2 is 1.97 bits per heavy atom. The first-order valence-electron chi connectivity index (χ1n) is 9.81. The second kappa shape index (κ2) is 9.67. The Labute approximate surface area is 176 Å².